The highest BCUT2D eigenvalue weighted by Gasteiger charge is 2.40. The van der Waals surface area contributed by atoms with Crippen molar-refractivity contribution in [2.24, 2.45) is 17.6 Å². The van der Waals surface area contributed by atoms with Crippen molar-refractivity contribution in [1.29, 1.82) is 0 Å². The van der Waals surface area contributed by atoms with Gasteiger partial charge < -0.3 is 15.4 Å². The van der Waals surface area contributed by atoms with Gasteiger partial charge in [-0.1, -0.05) is 30.3 Å². The second-order valence-corrected chi connectivity index (χ2v) is 6.36. The average Bonchev–Trinajstić information content (AvgIpc) is 2.92. The summed E-state index contributed by atoms with van der Waals surface area (Å²) in [5.41, 5.74) is 6.99. The van der Waals surface area contributed by atoms with Crippen LogP contribution in [0.4, 0.5) is 0 Å². The van der Waals surface area contributed by atoms with E-state index in [0.717, 1.165) is 37.9 Å². The number of methoxy groups -OCH3 is 1. The maximum Gasteiger partial charge on any atom is 0.256 e. The first-order valence-electron chi connectivity index (χ1n) is 7.81. The lowest BCUT2D eigenvalue weighted by molar-refractivity contribution is -0.141. The molecule has 1 heterocycles. The molecule has 1 saturated heterocycles. The normalized spacial score (nSPS) is 30.0. The molecule has 3 rings (SSSR count). The van der Waals surface area contributed by atoms with E-state index in [4.69, 9.17) is 10.5 Å². The number of ether oxygens (including phenoxy) is 1. The Kier molecular flexibility index (Phi) is 4.27. The molecule has 4 atom stereocenters. The lowest BCUT2D eigenvalue weighted by atomic mass is 9.79. The molecule has 4 nitrogen and oxygen atoms in total. The summed E-state index contributed by atoms with van der Waals surface area (Å²) >= 11 is 0. The van der Waals surface area contributed by atoms with Gasteiger partial charge in [0.1, 0.15) is 0 Å². The fourth-order valence-corrected chi connectivity index (χ4v) is 3.82. The fourth-order valence-electron chi connectivity index (χ4n) is 3.82. The average molecular weight is 288 g/mol. The highest BCUT2D eigenvalue weighted by Crippen LogP contribution is 2.36. The second-order valence-electron chi connectivity index (χ2n) is 6.36. The number of hydrogen-bond acceptors (Lipinski definition) is 3. The Morgan fingerprint density at radius 3 is 2.67 bits per heavy atom. The minimum absolute atomic E-state index is 0.0895. The van der Waals surface area contributed by atoms with Crippen molar-refractivity contribution in [1.82, 2.24) is 4.90 Å². The zero-order valence-corrected chi connectivity index (χ0v) is 12.6. The summed E-state index contributed by atoms with van der Waals surface area (Å²) in [6, 6.07) is 10.0. The maximum atomic E-state index is 12.8. The molecule has 0 bridgehead atoms. The third kappa shape index (κ3) is 2.97. The van der Waals surface area contributed by atoms with Crippen LogP contribution in [-0.4, -0.2) is 37.0 Å². The number of carbonyl (C=O) groups is 1. The van der Waals surface area contributed by atoms with Crippen LogP contribution in [0.5, 0.6) is 0 Å². The molecule has 1 amide bonds. The number of nitrogens with two attached hydrogens (primary N) is 1. The molecular weight excluding hydrogens is 264 g/mol. The summed E-state index contributed by atoms with van der Waals surface area (Å²) in [5.74, 6) is 1.29. The van der Waals surface area contributed by atoms with Gasteiger partial charge in [0.2, 0.25) is 0 Å². The van der Waals surface area contributed by atoms with Crippen molar-refractivity contribution >= 4 is 5.91 Å². The topological polar surface area (TPSA) is 55.6 Å². The molecule has 2 fully saturated rings. The summed E-state index contributed by atoms with van der Waals surface area (Å²) < 4.78 is 5.47. The number of hydrogen-bond donors (Lipinski definition) is 1. The first kappa shape index (κ1) is 14.5. The first-order valence-corrected chi connectivity index (χ1v) is 7.81. The van der Waals surface area contributed by atoms with E-state index in [1.165, 1.54) is 0 Å². The van der Waals surface area contributed by atoms with Gasteiger partial charge in [-0.3, -0.25) is 4.79 Å². The molecule has 2 N–H and O–H groups in total. The monoisotopic (exact) mass is 288 g/mol. The smallest absolute Gasteiger partial charge is 0.256 e. The van der Waals surface area contributed by atoms with Gasteiger partial charge in [-0.25, -0.2) is 0 Å². The van der Waals surface area contributed by atoms with Gasteiger partial charge in [-0.05, 0) is 36.7 Å². The summed E-state index contributed by atoms with van der Waals surface area (Å²) in [6.45, 7) is 1.70. The van der Waals surface area contributed by atoms with Crippen molar-refractivity contribution < 1.29 is 9.53 Å². The van der Waals surface area contributed by atoms with E-state index in [2.05, 4.69) is 0 Å². The largest absolute Gasteiger partial charge is 0.367 e. The van der Waals surface area contributed by atoms with Crippen LogP contribution in [0.3, 0.4) is 0 Å². The van der Waals surface area contributed by atoms with E-state index < -0.39 is 6.10 Å². The molecular formula is C17H24N2O2. The molecule has 0 aromatic heterocycles. The van der Waals surface area contributed by atoms with Crippen LogP contribution in [0.15, 0.2) is 30.3 Å². The highest BCUT2D eigenvalue weighted by atomic mass is 16.5. The van der Waals surface area contributed by atoms with Crippen molar-refractivity contribution in [2.75, 3.05) is 20.2 Å². The van der Waals surface area contributed by atoms with Crippen molar-refractivity contribution in [3.05, 3.63) is 35.9 Å². The Morgan fingerprint density at radius 2 is 1.95 bits per heavy atom. The van der Waals surface area contributed by atoms with Crippen LogP contribution in [0.1, 0.15) is 30.9 Å². The Morgan fingerprint density at radius 1 is 1.24 bits per heavy atom. The molecule has 1 aromatic rings. The third-order valence-corrected chi connectivity index (χ3v) is 4.96. The number of nitrogens with zero attached hydrogens (tertiary/aromatic N) is 1. The Bertz CT molecular complexity index is 491. The van der Waals surface area contributed by atoms with Crippen LogP contribution >= 0.6 is 0 Å². The quantitative estimate of drug-likeness (QED) is 0.925. The Labute approximate surface area is 126 Å². The minimum atomic E-state index is -0.486. The SMILES string of the molecule is COC(C(=O)N1C[C@H]2CCC(N)C[C@H]2C1)c1ccccc1. The lowest BCUT2D eigenvalue weighted by Crippen LogP contribution is -2.34. The van der Waals surface area contributed by atoms with Crippen LogP contribution in [0, 0.1) is 11.8 Å². The maximum absolute atomic E-state index is 12.8. The fraction of sp³-hybridized carbons (Fsp3) is 0.588. The van der Waals surface area contributed by atoms with Crippen molar-refractivity contribution in [3.8, 4) is 0 Å². The molecule has 1 saturated carbocycles. The number of carbonyl (C=O) groups excluding carboxylic acids is 1. The molecule has 1 aromatic carbocycles. The van der Waals surface area contributed by atoms with E-state index in [1.54, 1.807) is 7.11 Å². The van der Waals surface area contributed by atoms with Crippen LogP contribution in [-0.2, 0) is 9.53 Å². The van der Waals surface area contributed by atoms with Crippen molar-refractivity contribution in [3.63, 3.8) is 0 Å². The summed E-state index contributed by atoms with van der Waals surface area (Å²) in [5, 5.41) is 0. The van der Waals surface area contributed by atoms with E-state index in [9.17, 15) is 4.79 Å². The van der Waals surface area contributed by atoms with Gasteiger partial charge in [-0.2, -0.15) is 0 Å². The molecule has 114 valence electrons. The van der Waals surface area contributed by atoms with E-state index in [0.29, 0.717) is 17.9 Å². The molecule has 4 heteroatoms. The van der Waals surface area contributed by atoms with E-state index in [-0.39, 0.29) is 5.91 Å². The number of benzene rings is 1. The minimum Gasteiger partial charge on any atom is -0.367 e. The van der Waals surface area contributed by atoms with Crippen molar-refractivity contribution in [2.45, 2.75) is 31.4 Å². The second kappa shape index (κ2) is 6.16. The van der Waals surface area contributed by atoms with Gasteiger partial charge >= 0.3 is 0 Å². The van der Waals surface area contributed by atoms with Gasteiger partial charge in [0, 0.05) is 26.2 Å². The third-order valence-electron chi connectivity index (χ3n) is 4.96. The first-order chi connectivity index (χ1) is 10.2. The van der Waals surface area contributed by atoms with E-state index >= 15 is 0 Å². The van der Waals surface area contributed by atoms with Gasteiger partial charge in [0.25, 0.3) is 5.91 Å². The highest BCUT2D eigenvalue weighted by molar-refractivity contribution is 5.82. The summed E-state index contributed by atoms with van der Waals surface area (Å²) in [4.78, 5) is 14.8. The standard InChI is InChI=1S/C17H24N2O2/c1-21-16(12-5-3-2-4-6-12)17(20)19-10-13-7-8-15(18)9-14(13)11-19/h2-6,13-16H,7-11,18H2,1H3/t13-,14+,15?,16?/m1/s1. The Hall–Kier alpha value is -1.39. The predicted octanol–water partition coefficient (Wildman–Crippen LogP) is 1.96. The summed E-state index contributed by atoms with van der Waals surface area (Å²) in [6.07, 6.45) is 2.81. The number of fused-ring (bicyclic) bond motifs is 1. The molecule has 1 aliphatic heterocycles. The molecule has 2 aliphatic rings. The van der Waals surface area contributed by atoms with Gasteiger partial charge in [-0.15, -0.1) is 0 Å². The number of amides is 1. The van der Waals surface area contributed by atoms with Gasteiger partial charge in [0.05, 0.1) is 0 Å². The molecule has 1 aliphatic carbocycles. The van der Waals surface area contributed by atoms with E-state index in [1.807, 2.05) is 35.2 Å². The molecule has 0 spiro atoms. The molecule has 0 radical (unpaired) electrons. The summed E-state index contributed by atoms with van der Waals surface area (Å²) in [7, 11) is 1.61. The molecule has 2 unspecified atom stereocenters. The number of rotatable bonds is 3. The molecule has 21 heavy (non-hydrogen) atoms. The van der Waals surface area contributed by atoms with Crippen LogP contribution in [0.25, 0.3) is 0 Å². The van der Waals surface area contributed by atoms with Crippen LogP contribution < -0.4 is 5.73 Å². The van der Waals surface area contributed by atoms with Crippen LogP contribution in [0.2, 0.25) is 0 Å². The Balaban J connectivity index is 1.70. The zero-order chi connectivity index (χ0) is 14.8. The predicted molar refractivity (Wildman–Crippen MR) is 81.6 cm³/mol. The zero-order valence-electron chi connectivity index (χ0n) is 12.6. The van der Waals surface area contributed by atoms with Gasteiger partial charge in [0.15, 0.2) is 6.10 Å². The number of likely N-dealkylation sites (tertiary alicyclic amines) is 1. The lowest BCUT2D eigenvalue weighted by Gasteiger charge is -2.27.